The van der Waals surface area contributed by atoms with Crippen LogP contribution in [0.25, 0.3) is 0 Å². The van der Waals surface area contributed by atoms with Crippen LogP contribution in [0.1, 0.15) is 49.0 Å². The molecule has 3 heteroatoms. The van der Waals surface area contributed by atoms with Crippen molar-refractivity contribution in [2.75, 3.05) is 19.7 Å². The minimum atomic E-state index is -0.466. The van der Waals surface area contributed by atoms with Gasteiger partial charge in [0.15, 0.2) is 0 Å². The molecule has 0 radical (unpaired) electrons. The lowest BCUT2D eigenvalue weighted by Gasteiger charge is -2.34. The second kappa shape index (κ2) is 9.31. The fraction of sp³-hybridized carbons (Fsp3) is 0.478. The molecule has 1 N–H and O–H groups in total. The van der Waals surface area contributed by atoms with Gasteiger partial charge in [-0.3, -0.25) is 4.90 Å². The lowest BCUT2D eigenvalue weighted by molar-refractivity contribution is -0.0169. The molecular weight excluding hydrogens is 322 g/mol. The highest BCUT2D eigenvalue weighted by Gasteiger charge is 2.22. The maximum atomic E-state index is 10.5. The lowest BCUT2D eigenvalue weighted by Crippen LogP contribution is -2.43. The van der Waals surface area contributed by atoms with E-state index in [9.17, 15) is 5.11 Å². The summed E-state index contributed by atoms with van der Waals surface area (Å²) in [6.07, 6.45) is 3.14. The van der Waals surface area contributed by atoms with Gasteiger partial charge in [-0.05, 0) is 44.4 Å². The monoisotopic (exact) mass is 353 g/mol. The van der Waals surface area contributed by atoms with E-state index in [-0.39, 0.29) is 6.10 Å². The van der Waals surface area contributed by atoms with Gasteiger partial charge in [0.05, 0.1) is 12.7 Å². The summed E-state index contributed by atoms with van der Waals surface area (Å²) in [6, 6.07) is 19.3. The smallest absolute Gasteiger partial charge is 0.108 e. The van der Waals surface area contributed by atoms with Crippen molar-refractivity contribution in [2.45, 2.75) is 51.4 Å². The first-order valence-electron chi connectivity index (χ1n) is 9.78. The number of ether oxygens (including phenoxy) is 1. The molecule has 1 aliphatic rings. The highest BCUT2D eigenvalue weighted by atomic mass is 16.5. The molecule has 0 amide bonds. The van der Waals surface area contributed by atoms with Gasteiger partial charge in [0, 0.05) is 12.6 Å². The Hall–Kier alpha value is -1.68. The first-order valence-corrected chi connectivity index (χ1v) is 9.78. The molecule has 1 aliphatic heterocycles. The van der Waals surface area contributed by atoms with Crippen LogP contribution < -0.4 is 0 Å². The normalized spacial score (nSPS) is 20.7. The average molecular weight is 354 g/mol. The van der Waals surface area contributed by atoms with Gasteiger partial charge in [-0.25, -0.2) is 0 Å². The zero-order valence-electron chi connectivity index (χ0n) is 16.0. The number of β-amino-alcohol motifs (C(OH)–C–C–N with tert-alkyl or cyclic N) is 1. The van der Waals surface area contributed by atoms with E-state index in [0.717, 1.165) is 17.7 Å². The number of hydrogen-bond acceptors (Lipinski definition) is 3. The van der Waals surface area contributed by atoms with Gasteiger partial charge in [0.1, 0.15) is 6.10 Å². The maximum Gasteiger partial charge on any atom is 0.108 e. The Morgan fingerprint density at radius 2 is 1.73 bits per heavy atom. The Morgan fingerprint density at radius 1 is 1.04 bits per heavy atom. The van der Waals surface area contributed by atoms with E-state index in [1.165, 1.54) is 24.8 Å². The van der Waals surface area contributed by atoms with Crippen LogP contribution in [0.3, 0.4) is 0 Å². The second-order valence-corrected chi connectivity index (χ2v) is 7.53. The Labute approximate surface area is 157 Å². The fourth-order valence-corrected chi connectivity index (χ4v) is 3.71. The molecular formula is C23H31NO2. The fourth-order valence-electron chi connectivity index (χ4n) is 3.71. The van der Waals surface area contributed by atoms with Gasteiger partial charge in [0.2, 0.25) is 0 Å². The summed E-state index contributed by atoms with van der Waals surface area (Å²) in [6.45, 7) is 6.46. The van der Waals surface area contributed by atoms with Crippen molar-refractivity contribution >= 4 is 0 Å². The number of rotatable bonds is 7. The van der Waals surface area contributed by atoms with E-state index < -0.39 is 6.10 Å². The van der Waals surface area contributed by atoms with Crippen molar-refractivity contribution in [3.63, 3.8) is 0 Å². The molecule has 1 heterocycles. The molecule has 3 nitrogen and oxygen atoms in total. The number of nitrogens with zero attached hydrogens (tertiary/aromatic N) is 1. The number of likely N-dealkylation sites (tertiary alicyclic amines) is 1. The number of aryl methyl sites for hydroxylation is 1. The zero-order valence-corrected chi connectivity index (χ0v) is 16.0. The Kier molecular flexibility index (Phi) is 6.84. The van der Waals surface area contributed by atoms with Crippen molar-refractivity contribution in [1.29, 1.82) is 0 Å². The SMILES string of the molecule is Cc1ccc([C@@H](OC[C@@H](O)CN2CCCC[C@@H]2C)c2ccccc2)cc1. The van der Waals surface area contributed by atoms with Gasteiger partial charge in [-0.1, -0.05) is 66.6 Å². The molecule has 26 heavy (non-hydrogen) atoms. The van der Waals surface area contributed by atoms with E-state index in [1.807, 2.05) is 18.2 Å². The standard InChI is InChI=1S/C23H31NO2/c1-18-11-13-21(14-12-18)23(20-9-4-3-5-10-20)26-17-22(25)16-24-15-7-6-8-19(24)2/h3-5,9-14,19,22-23,25H,6-8,15-17H2,1-2H3/t19-,22-,23-/m0/s1. The van der Waals surface area contributed by atoms with Gasteiger partial charge in [-0.2, -0.15) is 0 Å². The molecule has 0 saturated carbocycles. The van der Waals surface area contributed by atoms with Crippen LogP contribution in [0.2, 0.25) is 0 Å². The quantitative estimate of drug-likeness (QED) is 0.804. The molecule has 2 aromatic rings. The van der Waals surface area contributed by atoms with E-state index in [4.69, 9.17) is 4.74 Å². The highest BCUT2D eigenvalue weighted by Crippen LogP contribution is 2.26. The number of aliphatic hydroxyl groups is 1. The third-order valence-corrected chi connectivity index (χ3v) is 5.32. The zero-order chi connectivity index (χ0) is 18.4. The predicted octanol–water partition coefficient (Wildman–Crippen LogP) is 4.34. The lowest BCUT2D eigenvalue weighted by atomic mass is 10.0. The van der Waals surface area contributed by atoms with E-state index in [0.29, 0.717) is 19.2 Å². The van der Waals surface area contributed by atoms with Gasteiger partial charge in [-0.15, -0.1) is 0 Å². The van der Waals surface area contributed by atoms with E-state index in [1.54, 1.807) is 0 Å². The number of hydrogen-bond donors (Lipinski definition) is 1. The first kappa shape index (κ1) is 19.1. The van der Waals surface area contributed by atoms with E-state index in [2.05, 4.69) is 55.1 Å². The van der Waals surface area contributed by atoms with E-state index >= 15 is 0 Å². The van der Waals surface area contributed by atoms with Crippen molar-refractivity contribution in [1.82, 2.24) is 4.90 Å². The van der Waals surface area contributed by atoms with Crippen LogP contribution in [0.5, 0.6) is 0 Å². The molecule has 3 rings (SSSR count). The first-order chi connectivity index (χ1) is 12.6. The largest absolute Gasteiger partial charge is 0.389 e. The minimum absolute atomic E-state index is 0.148. The van der Waals surface area contributed by atoms with Gasteiger partial charge in [0.25, 0.3) is 0 Å². The summed E-state index contributed by atoms with van der Waals surface area (Å²) in [5, 5.41) is 10.5. The summed E-state index contributed by atoms with van der Waals surface area (Å²) in [5.41, 5.74) is 3.48. The topological polar surface area (TPSA) is 32.7 Å². The predicted molar refractivity (Wildman–Crippen MR) is 106 cm³/mol. The third-order valence-electron chi connectivity index (χ3n) is 5.32. The molecule has 0 aromatic heterocycles. The van der Waals surface area contributed by atoms with Crippen LogP contribution in [-0.2, 0) is 4.74 Å². The molecule has 140 valence electrons. The molecule has 2 aromatic carbocycles. The maximum absolute atomic E-state index is 10.5. The van der Waals surface area contributed by atoms with Crippen molar-refractivity contribution in [3.8, 4) is 0 Å². The minimum Gasteiger partial charge on any atom is -0.389 e. The molecule has 0 aliphatic carbocycles. The van der Waals surface area contributed by atoms with Crippen molar-refractivity contribution in [2.24, 2.45) is 0 Å². The number of benzene rings is 2. The third kappa shape index (κ3) is 5.16. The molecule has 0 unspecified atom stereocenters. The molecule has 3 atom stereocenters. The van der Waals surface area contributed by atoms with Gasteiger partial charge < -0.3 is 9.84 Å². The van der Waals surface area contributed by atoms with Crippen molar-refractivity contribution < 1.29 is 9.84 Å². The molecule has 1 fully saturated rings. The van der Waals surface area contributed by atoms with Crippen LogP contribution >= 0.6 is 0 Å². The summed E-state index contributed by atoms with van der Waals surface area (Å²) in [7, 11) is 0. The second-order valence-electron chi connectivity index (χ2n) is 7.53. The van der Waals surface area contributed by atoms with Crippen LogP contribution in [0.4, 0.5) is 0 Å². The summed E-state index contributed by atoms with van der Waals surface area (Å²) in [4.78, 5) is 2.39. The van der Waals surface area contributed by atoms with Crippen LogP contribution in [-0.4, -0.2) is 41.8 Å². The number of piperidine rings is 1. The Morgan fingerprint density at radius 3 is 2.42 bits per heavy atom. The summed E-state index contributed by atoms with van der Waals surface area (Å²) >= 11 is 0. The van der Waals surface area contributed by atoms with Crippen molar-refractivity contribution in [3.05, 3.63) is 71.3 Å². The highest BCUT2D eigenvalue weighted by molar-refractivity contribution is 5.31. The molecule has 0 bridgehead atoms. The molecule has 1 saturated heterocycles. The van der Waals surface area contributed by atoms with Crippen LogP contribution in [0.15, 0.2) is 54.6 Å². The number of aliphatic hydroxyl groups excluding tert-OH is 1. The van der Waals surface area contributed by atoms with Gasteiger partial charge >= 0.3 is 0 Å². The summed E-state index contributed by atoms with van der Waals surface area (Å²) < 4.78 is 6.22. The Bertz CT molecular complexity index is 656. The Balaban J connectivity index is 1.65. The average Bonchev–Trinajstić information content (AvgIpc) is 2.66. The summed E-state index contributed by atoms with van der Waals surface area (Å²) in [5.74, 6) is 0. The molecule has 0 spiro atoms. The van der Waals surface area contributed by atoms with Crippen LogP contribution in [0, 0.1) is 6.92 Å².